The smallest absolute Gasteiger partial charge is 0.306 e. The molecule has 0 fully saturated rings. The predicted molar refractivity (Wildman–Crippen MR) is 75.8 cm³/mol. The fraction of sp³-hybridized carbons (Fsp3) is 0.571. The molecule has 5 heteroatoms. The highest BCUT2D eigenvalue weighted by atomic mass is 79.9. The zero-order valence-electron chi connectivity index (χ0n) is 11.2. The second-order valence-corrected chi connectivity index (χ2v) is 5.41. The summed E-state index contributed by atoms with van der Waals surface area (Å²) in [6.45, 7) is 6.15. The predicted octanol–water partition coefficient (Wildman–Crippen LogP) is 3.26. The number of ketones is 1. The normalized spacial score (nSPS) is 15.4. The molecule has 1 aliphatic rings. The monoisotopic (exact) mass is 330 g/mol. The van der Waals surface area contributed by atoms with Crippen molar-refractivity contribution in [3.8, 4) is 0 Å². The van der Waals surface area contributed by atoms with E-state index in [1.54, 1.807) is 6.92 Å². The molecule has 0 N–H and O–H groups in total. The van der Waals surface area contributed by atoms with Crippen LogP contribution in [0.5, 0.6) is 0 Å². The van der Waals surface area contributed by atoms with Crippen LogP contribution in [0.3, 0.4) is 0 Å². The van der Waals surface area contributed by atoms with Gasteiger partial charge in [-0.15, -0.1) is 0 Å². The van der Waals surface area contributed by atoms with Crippen molar-refractivity contribution in [3.63, 3.8) is 0 Å². The van der Waals surface area contributed by atoms with Crippen LogP contribution in [-0.4, -0.2) is 25.0 Å². The highest BCUT2D eigenvalue weighted by Crippen LogP contribution is 2.27. The summed E-state index contributed by atoms with van der Waals surface area (Å²) >= 11 is 3.22. The first-order chi connectivity index (χ1) is 9.04. The fourth-order valence-electron chi connectivity index (χ4n) is 1.93. The Hall–Kier alpha value is -1.10. The zero-order valence-corrected chi connectivity index (χ0v) is 12.8. The van der Waals surface area contributed by atoms with Gasteiger partial charge in [-0.2, -0.15) is 0 Å². The van der Waals surface area contributed by atoms with Crippen molar-refractivity contribution in [2.75, 3.05) is 13.2 Å². The van der Waals surface area contributed by atoms with E-state index in [4.69, 9.17) is 9.47 Å². The Morgan fingerprint density at radius 3 is 2.79 bits per heavy atom. The molecule has 0 aromatic rings. The number of rotatable bonds is 7. The Bertz CT molecular complexity index is 398. The second kappa shape index (κ2) is 8.15. The van der Waals surface area contributed by atoms with E-state index in [1.807, 2.05) is 0 Å². The Kier molecular flexibility index (Phi) is 6.84. The molecule has 0 aliphatic heterocycles. The number of halogens is 1. The van der Waals surface area contributed by atoms with Crippen molar-refractivity contribution >= 4 is 27.7 Å². The maximum absolute atomic E-state index is 11.9. The van der Waals surface area contributed by atoms with Gasteiger partial charge in [-0.25, -0.2) is 0 Å². The molecule has 0 aromatic carbocycles. The molecule has 1 aliphatic carbocycles. The summed E-state index contributed by atoms with van der Waals surface area (Å²) in [5.74, 6) is 0.490. The molecule has 0 bridgehead atoms. The summed E-state index contributed by atoms with van der Waals surface area (Å²) in [6, 6.07) is 0. The maximum atomic E-state index is 11.9. The highest BCUT2D eigenvalue weighted by molar-refractivity contribution is 9.11. The lowest BCUT2D eigenvalue weighted by Crippen LogP contribution is -2.15. The van der Waals surface area contributed by atoms with Crippen molar-refractivity contribution < 1.29 is 19.1 Å². The minimum atomic E-state index is -0.280. The number of hydrogen-bond donors (Lipinski definition) is 0. The van der Waals surface area contributed by atoms with Crippen LogP contribution in [0.15, 0.2) is 22.4 Å². The number of Topliss-reactive ketones (excluding diaryl/α,β-unsaturated/α-hetero) is 1. The summed E-state index contributed by atoms with van der Waals surface area (Å²) < 4.78 is 11.2. The van der Waals surface area contributed by atoms with Gasteiger partial charge < -0.3 is 9.47 Å². The summed E-state index contributed by atoms with van der Waals surface area (Å²) in [5, 5.41) is 0. The van der Waals surface area contributed by atoms with Crippen LogP contribution in [-0.2, 0) is 19.1 Å². The molecule has 19 heavy (non-hydrogen) atoms. The summed E-state index contributed by atoms with van der Waals surface area (Å²) in [5.41, 5.74) is 0.632. The van der Waals surface area contributed by atoms with Crippen molar-refractivity contribution in [1.29, 1.82) is 0 Å². The van der Waals surface area contributed by atoms with E-state index < -0.39 is 0 Å². The summed E-state index contributed by atoms with van der Waals surface area (Å²) in [7, 11) is 0. The standard InChI is InChI=1S/C14H19BrO4/c1-3-18-14(17)8-7-11-12(16)5-4-6-13(11)19-9-10(2)15/h2-9H2,1H3. The van der Waals surface area contributed by atoms with Gasteiger partial charge in [0.25, 0.3) is 0 Å². The number of ether oxygens (including phenoxy) is 2. The van der Waals surface area contributed by atoms with E-state index in [2.05, 4.69) is 22.5 Å². The minimum absolute atomic E-state index is 0.0748. The molecule has 106 valence electrons. The number of carbonyl (C=O) groups excluding carboxylic acids is 2. The lowest BCUT2D eigenvalue weighted by molar-refractivity contribution is -0.143. The van der Waals surface area contributed by atoms with E-state index in [1.165, 1.54) is 0 Å². The second-order valence-electron chi connectivity index (χ2n) is 4.29. The fourth-order valence-corrected chi connectivity index (χ4v) is 2.05. The Balaban J connectivity index is 2.66. The molecule has 0 saturated heterocycles. The van der Waals surface area contributed by atoms with E-state index >= 15 is 0 Å². The van der Waals surface area contributed by atoms with Gasteiger partial charge in [0.15, 0.2) is 5.78 Å². The van der Waals surface area contributed by atoms with Crippen LogP contribution in [0, 0.1) is 0 Å². The van der Waals surface area contributed by atoms with Crippen LogP contribution in [0.4, 0.5) is 0 Å². The maximum Gasteiger partial charge on any atom is 0.306 e. The van der Waals surface area contributed by atoms with Gasteiger partial charge in [-0.3, -0.25) is 9.59 Å². The van der Waals surface area contributed by atoms with Gasteiger partial charge in [0.1, 0.15) is 12.4 Å². The molecule has 0 atom stereocenters. The first-order valence-electron chi connectivity index (χ1n) is 6.41. The number of esters is 1. The number of allylic oxidation sites excluding steroid dienone is 2. The molecule has 1 rings (SSSR count). The van der Waals surface area contributed by atoms with E-state index in [9.17, 15) is 9.59 Å². The lowest BCUT2D eigenvalue weighted by Gasteiger charge is -2.19. The molecular weight excluding hydrogens is 312 g/mol. The van der Waals surface area contributed by atoms with Crippen LogP contribution in [0.25, 0.3) is 0 Å². The molecular formula is C14H19BrO4. The van der Waals surface area contributed by atoms with Crippen molar-refractivity contribution in [2.45, 2.75) is 39.0 Å². The Labute approximate surface area is 122 Å². The molecule has 4 nitrogen and oxygen atoms in total. The van der Waals surface area contributed by atoms with Gasteiger partial charge in [0.05, 0.1) is 6.61 Å². The van der Waals surface area contributed by atoms with Crippen LogP contribution < -0.4 is 0 Å². The molecule has 0 saturated carbocycles. The average Bonchev–Trinajstić information content (AvgIpc) is 2.35. The van der Waals surface area contributed by atoms with Crippen molar-refractivity contribution in [1.82, 2.24) is 0 Å². The molecule has 0 aromatic heterocycles. The van der Waals surface area contributed by atoms with E-state index in [-0.39, 0.29) is 18.2 Å². The molecule has 0 amide bonds. The molecule has 0 spiro atoms. The van der Waals surface area contributed by atoms with Gasteiger partial charge in [0.2, 0.25) is 0 Å². The van der Waals surface area contributed by atoms with Crippen molar-refractivity contribution in [2.24, 2.45) is 0 Å². The molecule has 0 radical (unpaired) electrons. The highest BCUT2D eigenvalue weighted by Gasteiger charge is 2.22. The SMILES string of the molecule is C=C(Br)COC1=C(CCC(=O)OCC)C(=O)CCC1. The third-order valence-corrected chi connectivity index (χ3v) is 3.00. The first-order valence-corrected chi connectivity index (χ1v) is 7.20. The zero-order chi connectivity index (χ0) is 14.3. The number of carbonyl (C=O) groups is 2. The Morgan fingerprint density at radius 2 is 2.16 bits per heavy atom. The van der Waals surface area contributed by atoms with Gasteiger partial charge >= 0.3 is 5.97 Å². The first kappa shape index (κ1) is 16.0. The summed E-state index contributed by atoms with van der Waals surface area (Å²) in [4.78, 5) is 23.2. The lowest BCUT2D eigenvalue weighted by atomic mass is 9.93. The minimum Gasteiger partial charge on any atom is -0.492 e. The third-order valence-electron chi connectivity index (χ3n) is 2.77. The van der Waals surface area contributed by atoms with E-state index in [0.29, 0.717) is 37.4 Å². The van der Waals surface area contributed by atoms with Gasteiger partial charge in [-0.1, -0.05) is 22.5 Å². The van der Waals surface area contributed by atoms with Gasteiger partial charge in [0, 0.05) is 29.3 Å². The topological polar surface area (TPSA) is 52.6 Å². The van der Waals surface area contributed by atoms with Crippen LogP contribution in [0.1, 0.15) is 39.0 Å². The number of hydrogen-bond acceptors (Lipinski definition) is 4. The Morgan fingerprint density at radius 1 is 1.42 bits per heavy atom. The van der Waals surface area contributed by atoms with Gasteiger partial charge in [-0.05, 0) is 19.8 Å². The van der Waals surface area contributed by atoms with Crippen LogP contribution in [0.2, 0.25) is 0 Å². The molecule has 0 unspecified atom stereocenters. The average molecular weight is 331 g/mol. The molecule has 0 heterocycles. The quantitative estimate of drug-likeness (QED) is 0.672. The van der Waals surface area contributed by atoms with E-state index in [0.717, 1.165) is 17.3 Å². The van der Waals surface area contributed by atoms with Crippen LogP contribution >= 0.6 is 15.9 Å². The van der Waals surface area contributed by atoms with Crippen molar-refractivity contribution in [3.05, 3.63) is 22.4 Å². The summed E-state index contributed by atoms with van der Waals surface area (Å²) in [6.07, 6.45) is 2.68. The third kappa shape index (κ3) is 5.59. The largest absolute Gasteiger partial charge is 0.492 e.